The van der Waals surface area contributed by atoms with Crippen molar-refractivity contribution in [2.75, 3.05) is 18.6 Å². The lowest BCUT2D eigenvalue weighted by molar-refractivity contribution is -0.131. The van der Waals surface area contributed by atoms with Gasteiger partial charge in [-0.15, -0.1) is 0 Å². The van der Waals surface area contributed by atoms with Gasteiger partial charge in [0.15, 0.2) is 5.78 Å². The summed E-state index contributed by atoms with van der Waals surface area (Å²) in [6, 6.07) is 4.64. The Morgan fingerprint density at radius 2 is 1.96 bits per heavy atom. The largest absolute Gasteiger partial charge is 0.495 e. The van der Waals surface area contributed by atoms with Crippen molar-refractivity contribution in [2.45, 2.75) is 25.0 Å². The van der Waals surface area contributed by atoms with Crippen molar-refractivity contribution in [1.29, 1.82) is 0 Å². The number of Topliss-reactive ketones (excluding diaryl/α,β-unsaturated/α-hetero) is 1. The molecular formula is C19H19NO6. The lowest BCUT2D eigenvalue weighted by atomic mass is 9.73. The highest BCUT2D eigenvalue weighted by molar-refractivity contribution is 6.24. The molecule has 136 valence electrons. The standard InChI is InChI=1S/C19H19NO6/c1-10(22)11-4-5-13(25-3)12(8-11)20-16(23)14-15(17(20)24)19(9-21)7-6-18(14,2)26-19/h4-8,14-15,21H,9H2,1-3H3/t14-,15-,18-,19+/m1/s1. The van der Waals surface area contributed by atoms with Crippen molar-refractivity contribution in [3.63, 3.8) is 0 Å². The molecule has 3 heterocycles. The SMILES string of the molecule is COc1ccc(C(C)=O)cc1N1C(=O)[C@H]2[C@H](C1=O)[C@@]1(CO)C=C[C@@]2(C)O1. The molecule has 4 rings (SSSR count). The van der Waals surface area contributed by atoms with Gasteiger partial charge in [-0.1, -0.05) is 12.2 Å². The molecule has 2 bridgehead atoms. The van der Waals surface area contributed by atoms with Gasteiger partial charge in [0.25, 0.3) is 0 Å². The molecule has 1 aromatic rings. The highest BCUT2D eigenvalue weighted by Crippen LogP contribution is 2.58. The molecule has 0 radical (unpaired) electrons. The summed E-state index contributed by atoms with van der Waals surface area (Å²) in [7, 11) is 1.43. The first-order valence-electron chi connectivity index (χ1n) is 8.36. The van der Waals surface area contributed by atoms with E-state index in [-0.39, 0.29) is 11.5 Å². The van der Waals surface area contributed by atoms with Crippen LogP contribution in [0.15, 0.2) is 30.4 Å². The van der Waals surface area contributed by atoms with Crippen molar-refractivity contribution >= 4 is 23.3 Å². The molecular weight excluding hydrogens is 338 g/mol. The number of hydrogen-bond acceptors (Lipinski definition) is 6. The Hall–Kier alpha value is -2.51. The number of aliphatic hydroxyl groups is 1. The molecule has 2 amide bonds. The summed E-state index contributed by atoms with van der Waals surface area (Å²) in [5.74, 6) is -2.26. The minimum atomic E-state index is -1.19. The van der Waals surface area contributed by atoms with E-state index in [0.29, 0.717) is 11.3 Å². The molecule has 1 N–H and O–H groups in total. The van der Waals surface area contributed by atoms with Crippen LogP contribution in [0.4, 0.5) is 5.69 Å². The zero-order valence-corrected chi connectivity index (χ0v) is 14.7. The van der Waals surface area contributed by atoms with Crippen LogP contribution in [0.5, 0.6) is 5.75 Å². The summed E-state index contributed by atoms with van der Waals surface area (Å²) in [4.78, 5) is 39.2. The van der Waals surface area contributed by atoms with Gasteiger partial charge in [-0.25, -0.2) is 4.90 Å². The second-order valence-corrected chi connectivity index (χ2v) is 7.14. The van der Waals surface area contributed by atoms with Gasteiger partial charge >= 0.3 is 0 Å². The Balaban J connectivity index is 1.84. The monoisotopic (exact) mass is 357 g/mol. The number of nitrogens with zero attached hydrogens (tertiary/aromatic N) is 1. The first-order chi connectivity index (χ1) is 12.3. The van der Waals surface area contributed by atoms with Crippen LogP contribution in [0.25, 0.3) is 0 Å². The Morgan fingerprint density at radius 1 is 1.27 bits per heavy atom. The van der Waals surface area contributed by atoms with Gasteiger partial charge in [0.2, 0.25) is 11.8 Å². The second-order valence-electron chi connectivity index (χ2n) is 7.14. The molecule has 1 aromatic carbocycles. The van der Waals surface area contributed by atoms with Gasteiger partial charge in [-0.05, 0) is 32.0 Å². The average molecular weight is 357 g/mol. The first kappa shape index (κ1) is 16.9. The van der Waals surface area contributed by atoms with Gasteiger partial charge < -0.3 is 14.6 Å². The summed E-state index contributed by atoms with van der Waals surface area (Å²) < 4.78 is 11.2. The Labute approximate surface area is 150 Å². The number of methoxy groups -OCH3 is 1. The number of anilines is 1. The minimum absolute atomic E-state index is 0.183. The first-order valence-corrected chi connectivity index (χ1v) is 8.36. The maximum atomic E-state index is 13.2. The third-order valence-electron chi connectivity index (χ3n) is 5.63. The number of imide groups is 1. The van der Waals surface area contributed by atoms with Gasteiger partial charge in [0, 0.05) is 5.56 Å². The van der Waals surface area contributed by atoms with E-state index in [2.05, 4.69) is 0 Å². The Bertz CT molecular complexity index is 877. The maximum Gasteiger partial charge on any atom is 0.241 e. The summed E-state index contributed by atoms with van der Waals surface area (Å²) in [6.07, 6.45) is 3.41. The van der Waals surface area contributed by atoms with E-state index < -0.39 is 41.5 Å². The second kappa shape index (κ2) is 5.25. The van der Waals surface area contributed by atoms with Crippen LogP contribution in [0, 0.1) is 11.8 Å². The van der Waals surface area contributed by atoms with Gasteiger partial charge in [-0.3, -0.25) is 14.4 Å². The molecule has 0 unspecified atom stereocenters. The zero-order valence-electron chi connectivity index (χ0n) is 14.7. The highest BCUT2D eigenvalue weighted by Gasteiger charge is 2.72. The number of rotatable bonds is 4. The zero-order chi connectivity index (χ0) is 18.9. The fourth-order valence-corrected chi connectivity index (χ4v) is 4.36. The normalized spacial score (nSPS) is 34.5. The van der Waals surface area contributed by atoms with E-state index >= 15 is 0 Å². The molecule has 26 heavy (non-hydrogen) atoms. The topological polar surface area (TPSA) is 93.1 Å². The summed E-state index contributed by atoms with van der Waals surface area (Å²) >= 11 is 0. The van der Waals surface area contributed by atoms with Crippen LogP contribution in [0.2, 0.25) is 0 Å². The van der Waals surface area contributed by atoms with Crippen molar-refractivity contribution < 1.29 is 29.0 Å². The van der Waals surface area contributed by atoms with Crippen LogP contribution in [-0.2, 0) is 14.3 Å². The lowest BCUT2D eigenvalue weighted by Crippen LogP contribution is -2.43. The Morgan fingerprint density at radius 3 is 2.58 bits per heavy atom. The van der Waals surface area contributed by atoms with E-state index in [1.807, 2.05) is 0 Å². The Kier molecular flexibility index (Phi) is 3.42. The number of carbonyl (C=O) groups excluding carboxylic acids is 3. The molecule has 7 heteroatoms. The number of aliphatic hydroxyl groups excluding tert-OH is 1. The third-order valence-corrected chi connectivity index (χ3v) is 5.63. The summed E-state index contributed by atoms with van der Waals surface area (Å²) in [5, 5.41) is 9.86. The number of ketones is 1. The number of amides is 2. The summed E-state index contributed by atoms with van der Waals surface area (Å²) in [6.45, 7) is 2.76. The molecule has 3 aliphatic heterocycles. The molecule has 7 nitrogen and oxygen atoms in total. The number of fused-ring (bicyclic) bond motifs is 5. The number of benzene rings is 1. The van der Waals surface area contributed by atoms with Gasteiger partial charge in [-0.2, -0.15) is 0 Å². The van der Waals surface area contributed by atoms with E-state index in [1.54, 1.807) is 31.2 Å². The van der Waals surface area contributed by atoms with E-state index in [9.17, 15) is 19.5 Å². The minimum Gasteiger partial charge on any atom is -0.495 e. The number of hydrogen-bond donors (Lipinski definition) is 1. The molecule has 2 fully saturated rings. The van der Waals surface area contributed by atoms with E-state index in [1.165, 1.54) is 20.1 Å². The van der Waals surface area contributed by atoms with Crippen LogP contribution < -0.4 is 9.64 Å². The molecule has 3 aliphatic rings. The molecule has 2 saturated heterocycles. The van der Waals surface area contributed by atoms with Crippen molar-refractivity contribution in [3.05, 3.63) is 35.9 Å². The van der Waals surface area contributed by atoms with Crippen LogP contribution in [0.3, 0.4) is 0 Å². The van der Waals surface area contributed by atoms with Crippen molar-refractivity contribution in [2.24, 2.45) is 11.8 Å². The predicted molar refractivity (Wildman–Crippen MR) is 90.9 cm³/mol. The van der Waals surface area contributed by atoms with E-state index in [0.717, 1.165) is 4.90 Å². The van der Waals surface area contributed by atoms with Crippen LogP contribution in [0.1, 0.15) is 24.2 Å². The predicted octanol–water partition coefficient (Wildman–Crippen LogP) is 1.09. The van der Waals surface area contributed by atoms with Gasteiger partial charge in [0.1, 0.15) is 11.4 Å². The third kappa shape index (κ3) is 1.92. The number of carbonyl (C=O) groups is 3. The van der Waals surface area contributed by atoms with Gasteiger partial charge in [0.05, 0.1) is 36.8 Å². The van der Waals surface area contributed by atoms with Crippen molar-refractivity contribution in [1.82, 2.24) is 0 Å². The van der Waals surface area contributed by atoms with Crippen LogP contribution >= 0.6 is 0 Å². The average Bonchev–Trinajstić information content (AvgIpc) is 3.20. The molecule has 0 aliphatic carbocycles. The lowest BCUT2D eigenvalue weighted by Gasteiger charge is -2.27. The number of ether oxygens (including phenoxy) is 2. The summed E-state index contributed by atoms with van der Waals surface area (Å²) in [5.41, 5.74) is -1.52. The smallest absolute Gasteiger partial charge is 0.241 e. The molecule has 0 spiro atoms. The quantitative estimate of drug-likeness (QED) is 0.493. The fraction of sp³-hybridized carbons (Fsp3) is 0.421. The van der Waals surface area contributed by atoms with Crippen LogP contribution in [-0.4, -0.2) is 47.6 Å². The van der Waals surface area contributed by atoms with E-state index in [4.69, 9.17) is 9.47 Å². The van der Waals surface area contributed by atoms with Crippen molar-refractivity contribution in [3.8, 4) is 5.75 Å². The fourth-order valence-electron chi connectivity index (χ4n) is 4.36. The molecule has 4 atom stereocenters. The molecule has 0 aromatic heterocycles. The highest BCUT2D eigenvalue weighted by atomic mass is 16.5. The molecule has 0 saturated carbocycles. The maximum absolute atomic E-state index is 13.2.